The number of rotatable bonds is 12. The lowest BCUT2D eigenvalue weighted by Crippen LogP contribution is -2.49. The molecule has 0 unspecified atom stereocenters. The number of amides is 1. The molecule has 0 saturated carbocycles. The van der Waals surface area contributed by atoms with Crippen LogP contribution in [-0.2, 0) is 19.1 Å². The SMILES string of the molecule is CC(C)(C)OC(=O)CC[C@@]1(C(=O)NCCF)N=C(c2ccc(OCCCO)cc2)O[C@@H]1c1ccc(Cl)cc1Cl. The van der Waals surface area contributed by atoms with E-state index in [0.717, 1.165) is 0 Å². The predicted octanol–water partition coefficient (Wildman–Crippen LogP) is 5.22. The number of halogens is 3. The van der Waals surface area contributed by atoms with Crippen molar-refractivity contribution in [1.29, 1.82) is 0 Å². The normalized spacial score (nSPS) is 18.7. The second-order valence-electron chi connectivity index (χ2n) is 9.99. The summed E-state index contributed by atoms with van der Waals surface area (Å²) in [4.78, 5) is 31.0. The van der Waals surface area contributed by atoms with Crippen molar-refractivity contribution in [3.05, 3.63) is 63.6 Å². The molecule has 0 aliphatic carbocycles. The van der Waals surface area contributed by atoms with Gasteiger partial charge in [-0.3, -0.25) is 9.59 Å². The Morgan fingerprint density at radius 3 is 2.51 bits per heavy atom. The topological polar surface area (TPSA) is 106 Å². The molecule has 2 N–H and O–H groups in total. The van der Waals surface area contributed by atoms with Crippen molar-refractivity contribution < 1.29 is 33.3 Å². The Labute approximate surface area is 237 Å². The van der Waals surface area contributed by atoms with Crippen LogP contribution in [0.5, 0.6) is 5.75 Å². The van der Waals surface area contributed by atoms with Crippen molar-refractivity contribution in [1.82, 2.24) is 5.32 Å². The lowest BCUT2D eigenvalue weighted by Gasteiger charge is -2.31. The number of nitrogens with one attached hydrogen (secondary N) is 1. The van der Waals surface area contributed by atoms with E-state index < -0.39 is 35.8 Å². The molecule has 1 amide bonds. The molecule has 8 nitrogen and oxygen atoms in total. The predicted molar refractivity (Wildman–Crippen MR) is 147 cm³/mol. The monoisotopic (exact) mass is 582 g/mol. The highest BCUT2D eigenvalue weighted by atomic mass is 35.5. The molecule has 0 bridgehead atoms. The molecule has 0 fully saturated rings. The van der Waals surface area contributed by atoms with Gasteiger partial charge in [0, 0.05) is 47.2 Å². The van der Waals surface area contributed by atoms with E-state index in [-0.39, 0.29) is 36.9 Å². The van der Waals surface area contributed by atoms with Gasteiger partial charge in [-0.25, -0.2) is 9.38 Å². The van der Waals surface area contributed by atoms with Crippen LogP contribution >= 0.6 is 23.2 Å². The van der Waals surface area contributed by atoms with E-state index in [1.165, 1.54) is 6.07 Å². The Bertz CT molecular complexity index is 1190. The number of hydrogen-bond donors (Lipinski definition) is 2. The summed E-state index contributed by atoms with van der Waals surface area (Å²) in [5, 5.41) is 12.2. The molecule has 0 aromatic heterocycles. The number of ether oxygens (including phenoxy) is 3. The van der Waals surface area contributed by atoms with Gasteiger partial charge in [0.05, 0.1) is 6.61 Å². The quantitative estimate of drug-likeness (QED) is 0.262. The number of nitrogens with zero attached hydrogens (tertiary/aromatic N) is 1. The average Bonchev–Trinajstić information content (AvgIpc) is 3.26. The molecule has 39 heavy (non-hydrogen) atoms. The first-order valence-electron chi connectivity index (χ1n) is 12.6. The molecule has 2 atom stereocenters. The molecule has 212 valence electrons. The maximum absolute atomic E-state index is 13.6. The fourth-order valence-electron chi connectivity index (χ4n) is 4.06. The zero-order chi connectivity index (χ0) is 28.6. The first-order valence-corrected chi connectivity index (χ1v) is 13.4. The third kappa shape index (κ3) is 8.06. The second kappa shape index (κ2) is 13.5. The second-order valence-corrected chi connectivity index (χ2v) is 10.8. The van der Waals surface area contributed by atoms with Gasteiger partial charge in [0.15, 0.2) is 11.6 Å². The van der Waals surface area contributed by atoms with E-state index in [1.54, 1.807) is 57.2 Å². The third-order valence-electron chi connectivity index (χ3n) is 5.79. The number of carbonyl (C=O) groups excluding carboxylic acids is 2. The summed E-state index contributed by atoms with van der Waals surface area (Å²) in [6.45, 7) is 4.60. The Kier molecular flexibility index (Phi) is 10.6. The van der Waals surface area contributed by atoms with E-state index >= 15 is 0 Å². The zero-order valence-corrected chi connectivity index (χ0v) is 23.6. The number of aliphatic imine (C=N–C) groups is 1. The fourth-order valence-corrected chi connectivity index (χ4v) is 4.57. The Morgan fingerprint density at radius 2 is 1.90 bits per heavy atom. The van der Waals surface area contributed by atoms with Crippen molar-refractivity contribution in [2.45, 2.75) is 57.3 Å². The van der Waals surface area contributed by atoms with Gasteiger partial charge < -0.3 is 24.6 Å². The fraction of sp³-hybridized carbons (Fsp3) is 0.464. The van der Waals surface area contributed by atoms with Gasteiger partial charge in [0.1, 0.15) is 18.0 Å². The van der Waals surface area contributed by atoms with Crippen molar-refractivity contribution in [2.75, 3.05) is 26.4 Å². The van der Waals surface area contributed by atoms with Crippen LogP contribution in [0.3, 0.4) is 0 Å². The molecular formula is C28H33Cl2FN2O6. The molecule has 0 spiro atoms. The molecule has 3 rings (SSSR count). The van der Waals surface area contributed by atoms with Gasteiger partial charge in [-0.2, -0.15) is 0 Å². The summed E-state index contributed by atoms with van der Waals surface area (Å²) in [6, 6.07) is 11.6. The minimum absolute atomic E-state index is 0.0211. The average molecular weight is 583 g/mol. The third-order valence-corrected chi connectivity index (χ3v) is 6.35. The van der Waals surface area contributed by atoms with Gasteiger partial charge >= 0.3 is 5.97 Å². The maximum atomic E-state index is 13.6. The number of aliphatic hydroxyl groups is 1. The van der Waals surface area contributed by atoms with Gasteiger partial charge in [0.2, 0.25) is 5.90 Å². The van der Waals surface area contributed by atoms with Crippen molar-refractivity contribution in [3.8, 4) is 5.75 Å². The van der Waals surface area contributed by atoms with Gasteiger partial charge in [-0.1, -0.05) is 29.3 Å². The highest BCUT2D eigenvalue weighted by Gasteiger charge is 2.53. The minimum atomic E-state index is -1.66. The maximum Gasteiger partial charge on any atom is 0.306 e. The van der Waals surface area contributed by atoms with Crippen LogP contribution in [0.15, 0.2) is 47.5 Å². The Balaban J connectivity index is 2.04. The minimum Gasteiger partial charge on any atom is -0.494 e. The van der Waals surface area contributed by atoms with Crippen LogP contribution in [0, 0.1) is 0 Å². The van der Waals surface area contributed by atoms with Crippen LogP contribution < -0.4 is 10.1 Å². The van der Waals surface area contributed by atoms with E-state index in [1.807, 2.05) is 0 Å². The largest absolute Gasteiger partial charge is 0.494 e. The smallest absolute Gasteiger partial charge is 0.306 e. The number of hydrogen-bond acceptors (Lipinski definition) is 7. The number of aliphatic hydroxyl groups excluding tert-OH is 1. The van der Waals surface area contributed by atoms with Gasteiger partial charge in [-0.05, 0) is 63.6 Å². The van der Waals surface area contributed by atoms with E-state index in [9.17, 15) is 14.0 Å². The zero-order valence-electron chi connectivity index (χ0n) is 22.1. The van der Waals surface area contributed by atoms with Crippen molar-refractivity contribution >= 4 is 41.0 Å². The van der Waals surface area contributed by atoms with Crippen LogP contribution in [0.1, 0.15) is 57.3 Å². The Hall–Kier alpha value is -2.88. The lowest BCUT2D eigenvalue weighted by molar-refractivity contribution is -0.155. The van der Waals surface area contributed by atoms with Crippen LogP contribution in [-0.4, -0.2) is 60.5 Å². The van der Waals surface area contributed by atoms with E-state index in [4.69, 9.17) is 47.5 Å². The molecule has 1 heterocycles. The summed E-state index contributed by atoms with van der Waals surface area (Å²) < 4.78 is 30.4. The molecule has 2 aromatic carbocycles. The van der Waals surface area contributed by atoms with Gasteiger partial charge in [0.25, 0.3) is 5.91 Å². The molecule has 0 saturated heterocycles. The molecule has 2 aromatic rings. The van der Waals surface area contributed by atoms with E-state index in [2.05, 4.69) is 5.32 Å². The highest BCUT2D eigenvalue weighted by Crippen LogP contribution is 2.45. The highest BCUT2D eigenvalue weighted by molar-refractivity contribution is 6.35. The number of esters is 1. The van der Waals surface area contributed by atoms with E-state index in [0.29, 0.717) is 34.9 Å². The molecule has 0 radical (unpaired) electrons. The first-order chi connectivity index (χ1) is 18.5. The van der Waals surface area contributed by atoms with Gasteiger partial charge in [-0.15, -0.1) is 0 Å². The summed E-state index contributed by atoms with van der Waals surface area (Å²) in [5.41, 5.74) is -1.39. The van der Waals surface area contributed by atoms with Crippen molar-refractivity contribution in [3.63, 3.8) is 0 Å². The Morgan fingerprint density at radius 1 is 1.18 bits per heavy atom. The summed E-state index contributed by atoms with van der Waals surface area (Å²) in [6.07, 6.45) is -0.787. The molecule has 1 aliphatic rings. The number of benzene rings is 2. The molecule has 1 aliphatic heterocycles. The van der Waals surface area contributed by atoms with Crippen LogP contribution in [0.2, 0.25) is 10.0 Å². The van der Waals surface area contributed by atoms with Crippen molar-refractivity contribution in [2.24, 2.45) is 4.99 Å². The van der Waals surface area contributed by atoms with Crippen LogP contribution in [0.4, 0.5) is 4.39 Å². The lowest BCUT2D eigenvalue weighted by atomic mass is 9.83. The summed E-state index contributed by atoms with van der Waals surface area (Å²) in [7, 11) is 0. The first kappa shape index (κ1) is 30.7. The summed E-state index contributed by atoms with van der Waals surface area (Å²) >= 11 is 12.7. The van der Waals surface area contributed by atoms with Crippen LogP contribution in [0.25, 0.3) is 0 Å². The number of alkyl halides is 1. The molecular weight excluding hydrogens is 550 g/mol. The standard InChI is InChI=1S/C28H33Cl2FN2O6/c1-27(2,3)39-23(35)11-12-28(26(36)32-14-13-31)24(21-10-7-19(29)17-22(21)30)38-25(33-28)18-5-8-20(9-6-18)37-16-4-15-34/h5-10,17,24,34H,4,11-16H2,1-3H3,(H,32,36)/t24-,28-/m1/s1. The molecule has 11 heteroatoms. The summed E-state index contributed by atoms with van der Waals surface area (Å²) in [5.74, 6) is -0.402. The number of carbonyl (C=O) groups is 2.